The van der Waals surface area contributed by atoms with E-state index >= 15 is 0 Å². The summed E-state index contributed by atoms with van der Waals surface area (Å²) >= 11 is 0. The Kier molecular flexibility index (Phi) is 2.00. The van der Waals surface area contributed by atoms with Crippen molar-refractivity contribution in [2.75, 3.05) is 0 Å². The van der Waals surface area contributed by atoms with E-state index in [0.29, 0.717) is 5.56 Å². The van der Waals surface area contributed by atoms with Crippen molar-refractivity contribution in [1.29, 1.82) is 0 Å². The highest BCUT2D eigenvalue weighted by Crippen LogP contribution is 2.19. The van der Waals surface area contributed by atoms with Gasteiger partial charge in [0.15, 0.2) is 0 Å². The molecule has 1 aromatic carbocycles. The molecule has 3 N–H and O–H groups in total. The maximum atomic E-state index is 10.9. The van der Waals surface area contributed by atoms with Gasteiger partial charge in [-0.25, -0.2) is 0 Å². The molecular weight excluding hydrogens is 176 g/mol. The van der Waals surface area contributed by atoms with Crippen LogP contribution < -0.4 is 5.73 Å². The number of amides is 1. The molecule has 1 amide bonds. The second-order valence-electron chi connectivity index (χ2n) is 3.29. The Hall–Kier alpha value is -1.77. The summed E-state index contributed by atoms with van der Waals surface area (Å²) in [5.74, 6) is -0.389. The standard InChI is InChI=1S/C11H12N2O/c1-2-7-6-13-10-5-8(11(12)14)3-4-9(7)10/h3-6,13H,2H2,1H3,(H2,12,14). The summed E-state index contributed by atoms with van der Waals surface area (Å²) in [5, 5.41) is 1.16. The molecule has 3 nitrogen and oxygen atoms in total. The molecule has 3 heteroatoms. The van der Waals surface area contributed by atoms with Gasteiger partial charge in [-0.15, -0.1) is 0 Å². The Morgan fingerprint density at radius 1 is 1.50 bits per heavy atom. The van der Waals surface area contributed by atoms with Gasteiger partial charge in [-0.1, -0.05) is 13.0 Å². The first-order valence-corrected chi connectivity index (χ1v) is 4.62. The van der Waals surface area contributed by atoms with Crippen molar-refractivity contribution in [3.05, 3.63) is 35.5 Å². The van der Waals surface area contributed by atoms with Crippen LogP contribution >= 0.6 is 0 Å². The second kappa shape index (κ2) is 3.18. The molecule has 0 aliphatic carbocycles. The summed E-state index contributed by atoms with van der Waals surface area (Å²) < 4.78 is 0. The van der Waals surface area contributed by atoms with Gasteiger partial charge in [0, 0.05) is 22.7 Å². The number of primary amides is 1. The van der Waals surface area contributed by atoms with E-state index in [2.05, 4.69) is 11.9 Å². The highest BCUT2D eigenvalue weighted by atomic mass is 16.1. The van der Waals surface area contributed by atoms with Gasteiger partial charge in [0.05, 0.1) is 0 Å². The number of hydrogen-bond donors (Lipinski definition) is 2. The molecule has 0 unspecified atom stereocenters. The van der Waals surface area contributed by atoms with Crippen molar-refractivity contribution in [2.24, 2.45) is 5.73 Å². The minimum absolute atomic E-state index is 0.389. The number of benzene rings is 1. The summed E-state index contributed by atoms with van der Waals surface area (Å²) in [6.07, 6.45) is 2.95. The first-order chi connectivity index (χ1) is 6.72. The molecule has 0 aliphatic rings. The van der Waals surface area contributed by atoms with E-state index in [9.17, 15) is 4.79 Å². The molecule has 0 atom stereocenters. The Balaban J connectivity index is 2.63. The van der Waals surface area contributed by atoms with Crippen LogP contribution in [0.25, 0.3) is 10.9 Å². The average molecular weight is 188 g/mol. The number of carbonyl (C=O) groups is 1. The van der Waals surface area contributed by atoms with E-state index < -0.39 is 0 Å². The summed E-state index contributed by atoms with van der Waals surface area (Å²) in [7, 11) is 0. The van der Waals surface area contributed by atoms with Gasteiger partial charge in [0.1, 0.15) is 0 Å². The lowest BCUT2D eigenvalue weighted by atomic mass is 10.1. The van der Waals surface area contributed by atoms with E-state index in [4.69, 9.17) is 5.73 Å². The maximum Gasteiger partial charge on any atom is 0.248 e. The van der Waals surface area contributed by atoms with Gasteiger partial charge >= 0.3 is 0 Å². The zero-order valence-electron chi connectivity index (χ0n) is 8.00. The fourth-order valence-corrected chi connectivity index (χ4v) is 1.63. The summed E-state index contributed by atoms with van der Waals surface area (Å²) in [4.78, 5) is 14.1. The quantitative estimate of drug-likeness (QED) is 0.742. The van der Waals surface area contributed by atoms with Crippen LogP contribution in [-0.2, 0) is 6.42 Å². The Bertz CT molecular complexity index is 485. The SMILES string of the molecule is CCc1c[nH]c2cc(C(N)=O)ccc12. The average Bonchev–Trinajstić information content (AvgIpc) is 2.59. The zero-order valence-corrected chi connectivity index (χ0v) is 8.00. The molecule has 0 aliphatic heterocycles. The topological polar surface area (TPSA) is 58.9 Å². The highest BCUT2D eigenvalue weighted by Gasteiger charge is 2.05. The molecule has 0 fully saturated rings. The third-order valence-corrected chi connectivity index (χ3v) is 2.43. The summed E-state index contributed by atoms with van der Waals surface area (Å²) in [6.45, 7) is 2.10. The molecule has 0 saturated carbocycles. The second-order valence-corrected chi connectivity index (χ2v) is 3.29. The molecule has 0 saturated heterocycles. The van der Waals surface area contributed by atoms with Crippen LogP contribution in [0.15, 0.2) is 24.4 Å². The molecule has 0 spiro atoms. The summed E-state index contributed by atoms with van der Waals surface area (Å²) in [6, 6.07) is 5.49. The molecule has 1 heterocycles. The molecule has 14 heavy (non-hydrogen) atoms. The first-order valence-electron chi connectivity index (χ1n) is 4.62. The fraction of sp³-hybridized carbons (Fsp3) is 0.182. The number of nitrogens with one attached hydrogen (secondary N) is 1. The van der Waals surface area contributed by atoms with E-state index in [-0.39, 0.29) is 5.91 Å². The van der Waals surface area contributed by atoms with E-state index in [1.54, 1.807) is 12.1 Å². The minimum atomic E-state index is -0.389. The van der Waals surface area contributed by atoms with Gasteiger partial charge in [-0.2, -0.15) is 0 Å². The van der Waals surface area contributed by atoms with Crippen molar-refractivity contribution in [3.63, 3.8) is 0 Å². The van der Waals surface area contributed by atoms with Crippen molar-refractivity contribution in [2.45, 2.75) is 13.3 Å². The fourth-order valence-electron chi connectivity index (χ4n) is 1.63. The number of fused-ring (bicyclic) bond motifs is 1. The van der Waals surface area contributed by atoms with Crippen LogP contribution in [0.2, 0.25) is 0 Å². The predicted octanol–water partition coefficient (Wildman–Crippen LogP) is 1.83. The Morgan fingerprint density at radius 2 is 2.29 bits per heavy atom. The number of aryl methyl sites for hydroxylation is 1. The van der Waals surface area contributed by atoms with Gasteiger partial charge in [-0.3, -0.25) is 4.79 Å². The number of hydrogen-bond acceptors (Lipinski definition) is 1. The van der Waals surface area contributed by atoms with Gasteiger partial charge in [0.2, 0.25) is 5.91 Å². The molecule has 0 radical (unpaired) electrons. The van der Waals surface area contributed by atoms with E-state index in [1.165, 1.54) is 5.56 Å². The van der Waals surface area contributed by atoms with Gasteiger partial charge in [0.25, 0.3) is 0 Å². The van der Waals surface area contributed by atoms with E-state index in [0.717, 1.165) is 17.3 Å². The number of aromatic nitrogens is 1. The summed E-state index contributed by atoms with van der Waals surface area (Å²) in [5.41, 5.74) is 7.97. The third-order valence-electron chi connectivity index (χ3n) is 2.43. The molecule has 2 rings (SSSR count). The van der Waals surface area contributed by atoms with Crippen LogP contribution in [-0.4, -0.2) is 10.9 Å². The Morgan fingerprint density at radius 3 is 2.93 bits per heavy atom. The van der Waals surface area contributed by atoms with Crippen LogP contribution in [0.1, 0.15) is 22.8 Å². The third kappa shape index (κ3) is 1.27. The number of aromatic amines is 1. The lowest BCUT2D eigenvalue weighted by Gasteiger charge is -1.96. The van der Waals surface area contributed by atoms with Crippen molar-refractivity contribution >= 4 is 16.8 Å². The van der Waals surface area contributed by atoms with Crippen molar-refractivity contribution in [3.8, 4) is 0 Å². The van der Waals surface area contributed by atoms with Crippen molar-refractivity contribution in [1.82, 2.24) is 4.98 Å². The van der Waals surface area contributed by atoms with E-state index in [1.807, 2.05) is 12.3 Å². The minimum Gasteiger partial charge on any atom is -0.366 e. The molecule has 2 aromatic rings. The van der Waals surface area contributed by atoms with Crippen LogP contribution in [0, 0.1) is 0 Å². The number of rotatable bonds is 2. The molecular formula is C11H12N2O. The van der Waals surface area contributed by atoms with Crippen molar-refractivity contribution < 1.29 is 4.79 Å². The largest absolute Gasteiger partial charge is 0.366 e. The number of carbonyl (C=O) groups excluding carboxylic acids is 1. The molecule has 0 bridgehead atoms. The smallest absolute Gasteiger partial charge is 0.248 e. The Labute approximate surface area is 81.9 Å². The highest BCUT2D eigenvalue weighted by molar-refractivity contribution is 5.97. The van der Waals surface area contributed by atoms with Crippen LogP contribution in [0.3, 0.4) is 0 Å². The maximum absolute atomic E-state index is 10.9. The molecule has 1 aromatic heterocycles. The normalized spacial score (nSPS) is 10.6. The number of nitrogens with two attached hydrogens (primary N) is 1. The monoisotopic (exact) mass is 188 g/mol. The first kappa shape index (κ1) is 8.81. The van der Waals surface area contributed by atoms with Crippen LogP contribution in [0.4, 0.5) is 0 Å². The lowest BCUT2D eigenvalue weighted by molar-refractivity contribution is 0.100. The predicted molar refractivity (Wildman–Crippen MR) is 56.2 cm³/mol. The van der Waals surface area contributed by atoms with Gasteiger partial charge < -0.3 is 10.7 Å². The molecule has 72 valence electrons. The number of H-pyrrole nitrogens is 1. The van der Waals surface area contributed by atoms with Gasteiger partial charge in [-0.05, 0) is 24.1 Å². The zero-order chi connectivity index (χ0) is 10.1. The van der Waals surface area contributed by atoms with Crippen LogP contribution in [0.5, 0.6) is 0 Å². The lowest BCUT2D eigenvalue weighted by Crippen LogP contribution is -2.10.